The summed E-state index contributed by atoms with van der Waals surface area (Å²) in [5.41, 5.74) is 0. The predicted molar refractivity (Wildman–Crippen MR) is 36.6 cm³/mol. The number of carboxylic acids is 1. The molecule has 1 aliphatic heterocycles. The van der Waals surface area contributed by atoms with Crippen LogP contribution in [0.15, 0.2) is 0 Å². The molecule has 50 valence electrons. The summed E-state index contributed by atoms with van der Waals surface area (Å²) in [5.74, 6) is -0.720. The van der Waals surface area contributed by atoms with Gasteiger partial charge in [0.05, 0.1) is 0 Å². The largest absolute Gasteiger partial charge is 2.00 e. The van der Waals surface area contributed by atoms with Gasteiger partial charge in [-0.1, -0.05) is 0 Å². The van der Waals surface area contributed by atoms with Gasteiger partial charge in [-0.25, -0.2) is 0 Å². The van der Waals surface area contributed by atoms with Crippen molar-refractivity contribution >= 4 is 29.0 Å². The fourth-order valence-electron chi connectivity index (χ4n) is 0.895. The van der Waals surface area contributed by atoms with E-state index in [1.54, 1.807) is 0 Å². The molecule has 0 aliphatic carbocycles. The van der Waals surface area contributed by atoms with Gasteiger partial charge in [-0.3, -0.25) is 4.79 Å². The average Bonchev–Trinajstić information content (AvgIpc) is 2.12. The van der Waals surface area contributed by atoms with Crippen molar-refractivity contribution in [3.05, 3.63) is 0 Å². The van der Waals surface area contributed by atoms with E-state index in [4.69, 9.17) is 5.11 Å². The summed E-state index contributed by atoms with van der Waals surface area (Å²) in [6, 6.07) is -0.269. The van der Waals surface area contributed by atoms with E-state index < -0.39 is 5.97 Å². The minimum atomic E-state index is -0.720. The third-order valence-electron chi connectivity index (χ3n) is 1.36. The molecule has 1 atom stereocenters. The van der Waals surface area contributed by atoms with E-state index in [9.17, 15) is 4.79 Å². The van der Waals surface area contributed by atoms with E-state index in [0.29, 0.717) is 0 Å². The molecular weight excluding hydrogens is 130 g/mol. The smallest absolute Gasteiger partial charge is 1.00 e. The van der Waals surface area contributed by atoms with Crippen molar-refractivity contribution in [1.29, 1.82) is 0 Å². The fraction of sp³-hybridized carbons (Fsp3) is 0.800. The van der Waals surface area contributed by atoms with Crippen LogP contribution in [0, 0.1) is 0 Å². The number of nitrogens with one attached hydrogen (secondary N) is 1. The number of hydrogen-bond donors (Lipinski definition) is 2. The Morgan fingerprint density at radius 2 is 2.44 bits per heavy atom. The summed E-state index contributed by atoms with van der Waals surface area (Å²) >= 11 is 0. The van der Waals surface area contributed by atoms with Crippen LogP contribution in [-0.4, -0.2) is 46.7 Å². The van der Waals surface area contributed by atoms with E-state index in [0.717, 1.165) is 19.4 Å². The molecule has 2 N–H and O–H groups in total. The molecule has 1 rings (SSSR count). The molecule has 0 aromatic carbocycles. The van der Waals surface area contributed by atoms with Gasteiger partial charge in [0.25, 0.3) is 0 Å². The monoisotopic (exact) mass is 141 g/mol. The normalized spacial score (nSPS) is 25.1. The summed E-state index contributed by atoms with van der Waals surface area (Å²) < 4.78 is 0. The molecular formula is C5H11MgNO2. The van der Waals surface area contributed by atoms with Crippen molar-refractivity contribution in [2.24, 2.45) is 0 Å². The van der Waals surface area contributed by atoms with E-state index in [2.05, 4.69) is 5.32 Å². The van der Waals surface area contributed by atoms with E-state index in [1.807, 2.05) is 0 Å². The van der Waals surface area contributed by atoms with Gasteiger partial charge >= 0.3 is 29.0 Å². The summed E-state index contributed by atoms with van der Waals surface area (Å²) in [6.45, 7) is 0.858. The van der Waals surface area contributed by atoms with Gasteiger partial charge in [-0.2, -0.15) is 0 Å². The van der Waals surface area contributed by atoms with Crippen molar-refractivity contribution in [2.45, 2.75) is 18.9 Å². The quantitative estimate of drug-likeness (QED) is 0.492. The van der Waals surface area contributed by atoms with Gasteiger partial charge in [0.1, 0.15) is 6.04 Å². The van der Waals surface area contributed by atoms with E-state index >= 15 is 0 Å². The molecule has 0 aromatic heterocycles. The number of carboxylic acid groups (broad SMARTS) is 1. The van der Waals surface area contributed by atoms with Crippen molar-refractivity contribution < 1.29 is 12.8 Å². The van der Waals surface area contributed by atoms with Crippen molar-refractivity contribution in [3.63, 3.8) is 0 Å². The summed E-state index contributed by atoms with van der Waals surface area (Å²) in [6.07, 6.45) is 1.78. The first-order chi connectivity index (χ1) is 3.80. The van der Waals surface area contributed by atoms with Crippen LogP contribution in [0.5, 0.6) is 0 Å². The molecule has 0 saturated carbocycles. The van der Waals surface area contributed by atoms with E-state index in [-0.39, 0.29) is 31.9 Å². The zero-order valence-corrected chi connectivity index (χ0v) is 6.68. The molecule has 1 fully saturated rings. The second kappa shape index (κ2) is 4.08. The van der Waals surface area contributed by atoms with Crippen LogP contribution in [0.4, 0.5) is 0 Å². The Bertz CT molecular complexity index is 109. The zero-order chi connectivity index (χ0) is 5.98. The topological polar surface area (TPSA) is 49.3 Å². The third-order valence-corrected chi connectivity index (χ3v) is 1.36. The number of rotatable bonds is 1. The second-order valence-corrected chi connectivity index (χ2v) is 1.99. The van der Waals surface area contributed by atoms with Crippen LogP contribution in [0.25, 0.3) is 0 Å². The van der Waals surface area contributed by atoms with Crippen molar-refractivity contribution in [3.8, 4) is 0 Å². The SMILES string of the molecule is O=C(O)C1CCCN1.[H-].[H-].[Mg+2]. The maximum Gasteiger partial charge on any atom is 2.00 e. The van der Waals surface area contributed by atoms with Crippen LogP contribution in [0.2, 0.25) is 0 Å². The molecule has 0 amide bonds. The molecule has 1 saturated heterocycles. The standard InChI is InChI=1S/C5H9NO2.Mg.2H/c7-5(8)4-2-1-3-6-4;;;/h4,6H,1-3H2,(H,7,8);;;/q;+2;2*-1. The minimum Gasteiger partial charge on any atom is -1.00 e. The molecule has 0 radical (unpaired) electrons. The number of carbonyl (C=O) groups is 1. The average molecular weight is 141 g/mol. The van der Waals surface area contributed by atoms with Crippen LogP contribution in [-0.2, 0) is 4.79 Å². The van der Waals surface area contributed by atoms with Crippen LogP contribution < -0.4 is 5.32 Å². The molecule has 1 heterocycles. The number of aliphatic carboxylic acids is 1. The van der Waals surface area contributed by atoms with Gasteiger partial charge in [-0.15, -0.1) is 0 Å². The van der Waals surface area contributed by atoms with Gasteiger partial charge < -0.3 is 13.3 Å². The Hall–Kier alpha value is 0.196. The first-order valence-electron chi connectivity index (χ1n) is 2.77. The first kappa shape index (κ1) is 9.20. The Kier molecular flexibility index (Phi) is 4.17. The molecule has 1 aliphatic rings. The summed E-state index contributed by atoms with van der Waals surface area (Å²) in [5, 5.41) is 11.2. The van der Waals surface area contributed by atoms with Crippen LogP contribution >= 0.6 is 0 Å². The van der Waals surface area contributed by atoms with Gasteiger partial charge in [-0.05, 0) is 19.4 Å². The van der Waals surface area contributed by atoms with Crippen LogP contribution in [0.3, 0.4) is 0 Å². The van der Waals surface area contributed by atoms with Gasteiger partial charge in [0.15, 0.2) is 0 Å². The molecule has 9 heavy (non-hydrogen) atoms. The van der Waals surface area contributed by atoms with Gasteiger partial charge in [0.2, 0.25) is 0 Å². The van der Waals surface area contributed by atoms with Crippen molar-refractivity contribution in [2.75, 3.05) is 6.54 Å². The summed E-state index contributed by atoms with van der Waals surface area (Å²) in [7, 11) is 0. The number of hydrogen-bond acceptors (Lipinski definition) is 2. The Balaban J connectivity index is -0.000000213. The molecule has 3 nitrogen and oxygen atoms in total. The predicted octanol–water partition coefficient (Wildman–Crippen LogP) is -0.333. The second-order valence-electron chi connectivity index (χ2n) is 1.99. The summed E-state index contributed by atoms with van der Waals surface area (Å²) in [4.78, 5) is 10.1. The Labute approximate surface area is 72.9 Å². The molecule has 0 aromatic rings. The maximum atomic E-state index is 10.1. The third kappa shape index (κ3) is 2.51. The fourth-order valence-corrected chi connectivity index (χ4v) is 0.895. The molecule has 0 bridgehead atoms. The Morgan fingerprint density at radius 3 is 2.67 bits per heavy atom. The molecule has 0 spiro atoms. The Morgan fingerprint density at radius 1 is 1.78 bits per heavy atom. The maximum absolute atomic E-state index is 10.1. The van der Waals surface area contributed by atoms with E-state index in [1.165, 1.54) is 0 Å². The zero-order valence-electron chi connectivity index (χ0n) is 7.26. The van der Waals surface area contributed by atoms with Crippen LogP contribution in [0.1, 0.15) is 15.7 Å². The first-order valence-corrected chi connectivity index (χ1v) is 2.77. The van der Waals surface area contributed by atoms with Gasteiger partial charge in [0, 0.05) is 0 Å². The molecule has 1 unspecified atom stereocenters. The van der Waals surface area contributed by atoms with Crippen molar-refractivity contribution in [1.82, 2.24) is 5.32 Å². The molecule has 4 heteroatoms. The minimum absolute atomic E-state index is 0.